The topological polar surface area (TPSA) is 70.1 Å². The Morgan fingerprint density at radius 2 is 1.86 bits per heavy atom. The van der Waals surface area contributed by atoms with E-state index in [0.717, 1.165) is 18.4 Å². The van der Waals surface area contributed by atoms with Crippen molar-refractivity contribution >= 4 is 26.5 Å². The number of aryl methyl sites for hydroxylation is 1. The highest BCUT2D eigenvalue weighted by molar-refractivity contribution is 8.08. The molecule has 2 aromatic rings. The van der Waals surface area contributed by atoms with Gasteiger partial charge in [-0.15, -0.1) is 0 Å². The molecule has 2 heterocycles. The Morgan fingerprint density at radius 1 is 1.14 bits per heavy atom. The maximum absolute atomic E-state index is 14.2. The SMILES string of the molecule is Cc1ccc2c(c1)N(Cc1ccccc1F)N=C(C(=O)N1CCCC1)S2(=O)=O. The van der Waals surface area contributed by atoms with Gasteiger partial charge < -0.3 is 4.90 Å². The van der Waals surface area contributed by atoms with Crippen LogP contribution in [0.25, 0.3) is 0 Å². The first kappa shape index (κ1) is 18.6. The van der Waals surface area contributed by atoms with Crippen LogP contribution in [0.4, 0.5) is 10.1 Å². The number of halogens is 1. The van der Waals surface area contributed by atoms with E-state index in [1.165, 1.54) is 22.0 Å². The molecule has 8 heteroatoms. The normalized spacial score (nSPS) is 18.0. The quantitative estimate of drug-likeness (QED) is 0.793. The first-order valence-electron chi connectivity index (χ1n) is 9.12. The molecule has 2 aromatic carbocycles. The Labute approximate surface area is 163 Å². The van der Waals surface area contributed by atoms with Crippen molar-refractivity contribution in [3.63, 3.8) is 0 Å². The van der Waals surface area contributed by atoms with Crippen LogP contribution in [0.2, 0.25) is 0 Å². The number of hydrazone groups is 1. The summed E-state index contributed by atoms with van der Waals surface area (Å²) in [7, 11) is -4.05. The third-order valence-electron chi connectivity index (χ3n) is 5.00. The predicted molar refractivity (Wildman–Crippen MR) is 104 cm³/mol. The summed E-state index contributed by atoms with van der Waals surface area (Å²) in [5.41, 5.74) is 1.56. The molecule has 0 radical (unpaired) electrons. The molecular formula is C20H20FN3O3S. The molecule has 28 heavy (non-hydrogen) atoms. The average molecular weight is 401 g/mol. The largest absolute Gasteiger partial charge is 0.337 e. The van der Waals surface area contributed by atoms with E-state index in [1.807, 2.05) is 6.92 Å². The molecule has 4 rings (SSSR count). The molecule has 1 fully saturated rings. The first-order valence-corrected chi connectivity index (χ1v) is 10.6. The molecule has 0 atom stereocenters. The lowest BCUT2D eigenvalue weighted by molar-refractivity contribution is -0.122. The molecular weight excluding hydrogens is 381 g/mol. The number of amides is 1. The van der Waals surface area contributed by atoms with E-state index >= 15 is 0 Å². The molecule has 6 nitrogen and oxygen atoms in total. The Morgan fingerprint density at radius 3 is 2.57 bits per heavy atom. The lowest BCUT2D eigenvalue weighted by Crippen LogP contribution is -2.42. The molecule has 2 aliphatic heterocycles. The standard InChI is InChI=1S/C20H20FN3O3S/c1-14-8-9-18-17(12-14)24(13-15-6-2-3-7-16(15)21)22-19(28(18,26)27)20(25)23-10-4-5-11-23/h2-3,6-9,12H,4-5,10-11,13H2,1H3. The molecule has 0 aliphatic carbocycles. The summed E-state index contributed by atoms with van der Waals surface area (Å²) < 4.78 is 40.4. The van der Waals surface area contributed by atoms with E-state index in [1.54, 1.807) is 30.3 Å². The van der Waals surface area contributed by atoms with Crippen LogP contribution >= 0.6 is 0 Å². The highest BCUT2D eigenvalue weighted by Gasteiger charge is 2.40. The summed E-state index contributed by atoms with van der Waals surface area (Å²) >= 11 is 0. The summed E-state index contributed by atoms with van der Waals surface area (Å²) in [4.78, 5) is 14.4. The number of sulfone groups is 1. The van der Waals surface area contributed by atoms with Crippen LogP contribution in [-0.2, 0) is 21.2 Å². The second-order valence-corrected chi connectivity index (χ2v) is 8.86. The minimum absolute atomic E-state index is 0.0204. The van der Waals surface area contributed by atoms with Crippen LogP contribution in [0.15, 0.2) is 52.5 Å². The van der Waals surface area contributed by atoms with Gasteiger partial charge in [0.05, 0.1) is 17.1 Å². The van der Waals surface area contributed by atoms with Gasteiger partial charge in [0.2, 0.25) is 14.9 Å². The Hall–Kier alpha value is -2.74. The Bertz CT molecular complexity index is 1080. The maximum atomic E-state index is 14.2. The van der Waals surface area contributed by atoms with Gasteiger partial charge in [-0.2, -0.15) is 5.10 Å². The molecule has 2 aliphatic rings. The maximum Gasteiger partial charge on any atom is 0.286 e. The molecule has 0 aromatic heterocycles. The number of anilines is 1. The van der Waals surface area contributed by atoms with Gasteiger partial charge in [0.25, 0.3) is 5.91 Å². The summed E-state index contributed by atoms with van der Waals surface area (Å²) in [6, 6.07) is 11.1. The van der Waals surface area contributed by atoms with Gasteiger partial charge >= 0.3 is 0 Å². The van der Waals surface area contributed by atoms with Crippen molar-refractivity contribution in [2.24, 2.45) is 5.10 Å². The second kappa shape index (κ2) is 7.01. The number of benzene rings is 2. The fraction of sp³-hybridized carbons (Fsp3) is 0.300. The van der Waals surface area contributed by atoms with Crippen LogP contribution in [-0.4, -0.2) is 37.4 Å². The Kier molecular flexibility index (Phi) is 4.66. The number of hydrogen-bond acceptors (Lipinski definition) is 5. The van der Waals surface area contributed by atoms with Crippen molar-refractivity contribution in [3.8, 4) is 0 Å². The van der Waals surface area contributed by atoms with Gasteiger partial charge in [0.1, 0.15) is 5.82 Å². The summed E-state index contributed by atoms with van der Waals surface area (Å²) in [5.74, 6) is -1.00. The van der Waals surface area contributed by atoms with E-state index in [9.17, 15) is 17.6 Å². The van der Waals surface area contributed by atoms with E-state index in [-0.39, 0.29) is 11.4 Å². The van der Waals surface area contributed by atoms with E-state index < -0.39 is 26.6 Å². The minimum Gasteiger partial charge on any atom is -0.337 e. The lowest BCUT2D eigenvalue weighted by atomic mass is 10.2. The zero-order valence-corrected chi connectivity index (χ0v) is 16.2. The molecule has 146 valence electrons. The molecule has 0 saturated carbocycles. The van der Waals surface area contributed by atoms with E-state index in [4.69, 9.17) is 0 Å². The molecule has 0 bridgehead atoms. The number of fused-ring (bicyclic) bond motifs is 1. The van der Waals surface area contributed by atoms with Crippen LogP contribution < -0.4 is 5.01 Å². The highest BCUT2D eigenvalue weighted by Crippen LogP contribution is 2.34. The van der Waals surface area contributed by atoms with Crippen molar-refractivity contribution in [3.05, 3.63) is 59.4 Å². The monoisotopic (exact) mass is 401 g/mol. The second-order valence-electron chi connectivity index (χ2n) is 7.03. The van der Waals surface area contributed by atoms with Crippen molar-refractivity contribution in [2.45, 2.75) is 31.2 Å². The van der Waals surface area contributed by atoms with Crippen LogP contribution in [0.1, 0.15) is 24.0 Å². The number of hydrogen-bond donors (Lipinski definition) is 0. The number of carbonyl (C=O) groups is 1. The van der Waals surface area contributed by atoms with Gasteiger partial charge in [-0.05, 0) is 43.5 Å². The van der Waals surface area contributed by atoms with E-state index in [2.05, 4.69) is 5.10 Å². The van der Waals surface area contributed by atoms with E-state index in [0.29, 0.717) is 24.3 Å². The first-order chi connectivity index (χ1) is 13.4. The smallest absolute Gasteiger partial charge is 0.286 e. The molecule has 0 unspecified atom stereocenters. The number of likely N-dealkylation sites (tertiary alicyclic amines) is 1. The third kappa shape index (κ3) is 3.17. The van der Waals surface area contributed by atoms with Gasteiger partial charge in [-0.1, -0.05) is 24.3 Å². The van der Waals surface area contributed by atoms with Crippen LogP contribution in [0.3, 0.4) is 0 Å². The number of nitrogens with zero attached hydrogens (tertiary/aromatic N) is 3. The predicted octanol–water partition coefficient (Wildman–Crippen LogP) is 2.86. The average Bonchev–Trinajstić information content (AvgIpc) is 3.19. The fourth-order valence-electron chi connectivity index (χ4n) is 3.50. The molecule has 0 N–H and O–H groups in total. The minimum atomic E-state index is -4.05. The van der Waals surface area contributed by atoms with Gasteiger partial charge in [-0.3, -0.25) is 9.80 Å². The zero-order valence-electron chi connectivity index (χ0n) is 15.4. The number of rotatable bonds is 3. The zero-order chi connectivity index (χ0) is 19.9. The van der Waals surface area contributed by atoms with Crippen molar-refractivity contribution in [1.29, 1.82) is 0 Å². The van der Waals surface area contributed by atoms with Gasteiger partial charge in [-0.25, -0.2) is 12.8 Å². The van der Waals surface area contributed by atoms with Gasteiger partial charge in [0.15, 0.2) is 0 Å². The summed E-state index contributed by atoms with van der Waals surface area (Å²) in [6.07, 6.45) is 1.68. The lowest BCUT2D eigenvalue weighted by Gasteiger charge is -2.29. The molecule has 1 saturated heterocycles. The molecule has 0 spiro atoms. The highest BCUT2D eigenvalue weighted by atomic mass is 32.2. The van der Waals surface area contributed by atoms with Crippen LogP contribution in [0.5, 0.6) is 0 Å². The summed E-state index contributed by atoms with van der Waals surface area (Å²) in [6.45, 7) is 2.89. The van der Waals surface area contributed by atoms with Crippen LogP contribution in [0, 0.1) is 12.7 Å². The number of carbonyl (C=O) groups excluding carboxylic acids is 1. The third-order valence-corrected chi connectivity index (χ3v) is 6.69. The fourth-order valence-corrected chi connectivity index (χ4v) is 4.96. The van der Waals surface area contributed by atoms with Gasteiger partial charge in [0, 0.05) is 18.7 Å². The van der Waals surface area contributed by atoms with Crippen molar-refractivity contribution in [2.75, 3.05) is 18.1 Å². The van der Waals surface area contributed by atoms with Crippen molar-refractivity contribution < 1.29 is 17.6 Å². The Balaban J connectivity index is 1.82. The summed E-state index contributed by atoms with van der Waals surface area (Å²) in [5, 5.41) is 5.11. The van der Waals surface area contributed by atoms with Crippen molar-refractivity contribution in [1.82, 2.24) is 4.90 Å². The molecule has 1 amide bonds.